The molecule has 0 heterocycles. The van der Waals surface area contributed by atoms with E-state index >= 15 is 0 Å². The van der Waals surface area contributed by atoms with Gasteiger partial charge >= 0.3 is 7.65 Å². The molecular weight excluding hydrogens is 326 g/mol. The first-order valence-corrected chi connectivity index (χ1v) is 5.92. The standard InChI is InChI=1S/C2H6.CH3I.3CH4N2.BH3O2/c2*1-2;4*2-1-3/h1-2H3;1H3;3*1H,(H3,2,3);1-3H/i;;;;;1D. The van der Waals surface area contributed by atoms with E-state index in [1.807, 2.05) is 18.8 Å². The molecule has 0 aromatic carbocycles. The lowest BCUT2D eigenvalue weighted by Crippen LogP contribution is -1.81. The lowest BCUT2D eigenvalue weighted by Gasteiger charge is -1.48. The minimum absolute atomic E-state index is 0.750. The predicted octanol–water partition coefficient (Wildman–Crippen LogP) is -1.03. The summed E-state index contributed by atoms with van der Waals surface area (Å²) in [6.07, 6.45) is 2.25. The number of rotatable bonds is 0. The Bertz CT molecular complexity index is 97.5. The Morgan fingerprint density at radius 2 is 1.00 bits per heavy atom. The molecule has 0 aromatic heterocycles. The average Bonchev–Trinajstić information content (AvgIpc) is 2.25. The molecule has 8 nitrogen and oxygen atoms in total. The van der Waals surface area contributed by atoms with Gasteiger partial charge in [-0.3, -0.25) is 16.2 Å². The molecule has 0 saturated carbocycles. The highest BCUT2D eigenvalue weighted by Crippen LogP contribution is 1.48. The van der Waals surface area contributed by atoms with E-state index in [9.17, 15) is 0 Å². The summed E-state index contributed by atoms with van der Waals surface area (Å²) in [5.74, 6) is 0. The molecule has 16 heavy (non-hydrogen) atoms. The monoisotopic (exact) mass is 351 g/mol. The summed E-state index contributed by atoms with van der Waals surface area (Å²) in [5, 5.41) is 32.1. The highest BCUT2D eigenvalue weighted by atomic mass is 127. The molecule has 0 rings (SSSR count). The molecule has 100 valence electrons. The lowest BCUT2D eigenvalue weighted by molar-refractivity contribution is 0.448. The van der Waals surface area contributed by atoms with Crippen LogP contribution in [0.2, 0.25) is 0 Å². The molecular formula is C6H24BIN6O2. The van der Waals surface area contributed by atoms with E-state index in [4.69, 9.17) is 27.6 Å². The van der Waals surface area contributed by atoms with Crippen LogP contribution in [0, 0.1) is 16.2 Å². The van der Waals surface area contributed by atoms with Crippen molar-refractivity contribution in [3.8, 4) is 0 Å². The van der Waals surface area contributed by atoms with Crippen LogP contribution in [0.15, 0.2) is 0 Å². The zero-order valence-corrected chi connectivity index (χ0v) is 12.0. The first-order chi connectivity index (χ1) is 7.97. The third-order valence-electron chi connectivity index (χ3n) is 0. The summed E-state index contributed by atoms with van der Waals surface area (Å²) in [4.78, 5) is 1.97. The highest BCUT2D eigenvalue weighted by Gasteiger charge is 1.48. The van der Waals surface area contributed by atoms with Crippen LogP contribution < -0.4 is 17.2 Å². The van der Waals surface area contributed by atoms with Crippen LogP contribution in [-0.2, 0) is 0 Å². The molecule has 0 saturated heterocycles. The quantitative estimate of drug-likeness (QED) is 0.0908. The van der Waals surface area contributed by atoms with Crippen LogP contribution >= 0.6 is 22.6 Å². The van der Waals surface area contributed by atoms with Crippen molar-refractivity contribution in [1.29, 1.82) is 17.6 Å². The fourth-order valence-electron chi connectivity index (χ4n) is 0. The third-order valence-corrected chi connectivity index (χ3v) is 0. The van der Waals surface area contributed by atoms with E-state index in [1.165, 1.54) is 0 Å². The van der Waals surface area contributed by atoms with Gasteiger partial charge in [-0.1, -0.05) is 36.4 Å². The van der Waals surface area contributed by atoms with Crippen molar-refractivity contribution in [1.82, 2.24) is 0 Å². The lowest BCUT2D eigenvalue weighted by atomic mass is 10.5. The zero-order chi connectivity index (χ0) is 15.7. The van der Waals surface area contributed by atoms with Crippen molar-refractivity contribution >= 4 is 49.3 Å². The summed E-state index contributed by atoms with van der Waals surface area (Å²) in [6.45, 7) is 4.00. The molecule has 0 aliphatic heterocycles. The Morgan fingerprint density at radius 3 is 1.00 bits per heavy atom. The van der Waals surface area contributed by atoms with E-state index in [2.05, 4.69) is 39.8 Å². The van der Waals surface area contributed by atoms with Gasteiger partial charge in [0, 0.05) is 0 Å². The number of alkyl halides is 1. The second-order valence-corrected chi connectivity index (χ2v) is 0.615. The Hall–Kier alpha value is -0.875. The Morgan fingerprint density at radius 1 is 1.00 bits per heavy atom. The maximum atomic E-state index is 7.28. The Labute approximate surface area is 113 Å². The molecule has 11 N–H and O–H groups in total. The van der Waals surface area contributed by atoms with Crippen molar-refractivity contribution in [2.24, 2.45) is 17.2 Å². The van der Waals surface area contributed by atoms with Crippen LogP contribution in [-0.4, -0.2) is 43.0 Å². The van der Waals surface area contributed by atoms with Crippen LogP contribution in [0.3, 0.4) is 0 Å². The van der Waals surface area contributed by atoms with Crippen LogP contribution in [0.25, 0.3) is 0 Å². The second kappa shape index (κ2) is 249. The molecule has 0 aliphatic carbocycles. The van der Waals surface area contributed by atoms with Gasteiger partial charge in [-0.2, -0.15) is 0 Å². The van der Waals surface area contributed by atoms with E-state index in [1.54, 1.807) is 0 Å². The molecule has 0 amide bonds. The number of nitrogens with two attached hydrogens (primary N) is 3. The van der Waals surface area contributed by atoms with E-state index in [0.29, 0.717) is 0 Å². The Kier molecular flexibility index (Phi) is 458. The van der Waals surface area contributed by atoms with E-state index in [-0.39, 0.29) is 0 Å². The van der Waals surface area contributed by atoms with Gasteiger partial charge in [0.2, 0.25) is 0 Å². The molecule has 0 bridgehead atoms. The molecule has 0 radical (unpaired) electrons. The maximum absolute atomic E-state index is 7.28. The average molecular weight is 351 g/mol. The van der Waals surface area contributed by atoms with Crippen molar-refractivity contribution in [3.63, 3.8) is 0 Å². The number of hydrogen-bond acceptors (Lipinski definition) is 5. The summed E-state index contributed by atoms with van der Waals surface area (Å²) in [5.41, 5.74) is 13.2. The summed E-state index contributed by atoms with van der Waals surface area (Å²) in [7, 11) is -1.92. The van der Waals surface area contributed by atoms with Gasteiger partial charge in [0.1, 0.15) is 0 Å². The molecule has 0 aromatic rings. The van der Waals surface area contributed by atoms with Crippen LogP contribution in [0.1, 0.15) is 13.8 Å². The van der Waals surface area contributed by atoms with Gasteiger partial charge in [0.05, 0.1) is 20.4 Å². The number of nitrogens with one attached hydrogen (secondary N) is 3. The minimum Gasteiger partial charge on any atom is -0.430 e. The fourth-order valence-corrected chi connectivity index (χ4v) is 0. The first-order valence-electron chi connectivity index (χ1n) is 4.34. The van der Waals surface area contributed by atoms with E-state index in [0.717, 1.165) is 19.0 Å². The summed E-state index contributed by atoms with van der Waals surface area (Å²) in [6, 6.07) is 0. The van der Waals surface area contributed by atoms with Crippen LogP contribution in [0.5, 0.6) is 0 Å². The van der Waals surface area contributed by atoms with Crippen LogP contribution in [0.4, 0.5) is 0 Å². The normalized spacial score (nSPS) is 4.75. The minimum atomic E-state index is -1.92. The third kappa shape index (κ3) is 2520. The van der Waals surface area contributed by atoms with Crippen molar-refractivity contribution in [3.05, 3.63) is 0 Å². The van der Waals surface area contributed by atoms with Gasteiger partial charge in [0.15, 0.2) is 0 Å². The smallest absolute Gasteiger partial charge is 0.430 e. The maximum Gasteiger partial charge on any atom is 0.432 e. The topological polar surface area (TPSA) is 190 Å². The van der Waals surface area contributed by atoms with Gasteiger partial charge in [-0.15, -0.1) is 0 Å². The number of hydrogen-bond donors (Lipinski definition) is 8. The SMILES string of the molecule is CC.CI.N=CN.N=CN.N=CN.[2H]B(O)O. The van der Waals surface area contributed by atoms with Crippen molar-refractivity contribution in [2.75, 3.05) is 4.93 Å². The molecule has 0 atom stereocenters. The largest absolute Gasteiger partial charge is 0.432 e. The van der Waals surface area contributed by atoms with E-state index < -0.39 is 7.65 Å². The molecule has 0 unspecified atom stereocenters. The number of halogens is 1. The van der Waals surface area contributed by atoms with Gasteiger partial charge in [0.25, 0.3) is 0 Å². The van der Waals surface area contributed by atoms with Crippen molar-refractivity contribution in [2.45, 2.75) is 13.8 Å². The second-order valence-electron chi connectivity index (χ2n) is 0.615. The zero-order valence-electron chi connectivity index (χ0n) is 10.8. The van der Waals surface area contributed by atoms with Gasteiger partial charge in [-0.25, -0.2) is 0 Å². The first kappa shape index (κ1) is 29.4. The molecule has 0 aliphatic rings. The molecule has 0 spiro atoms. The summed E-state index contributed by atoms with van der Waals surface area (Å²) >= 11 is 2.15. The van der Waals surface area contributed by atoms with Gasteiger partial charge in [-0.05, 0) is 4.93 Å². The summed E-state index contributed by atoms with van der Waals surface area (Å²) < 4.78 is 5.69. The fraction of sp³-hybridized carbons (Fsp3) is 0.500. The molecule has 10 heteroatoms. The van der Waals surface area contributed by atoms with Crippen molar-refractivity contribution < 1.29 is 10.0 Å². The van der Waals surface area contributed by atoms with Gasteiger partial charge < -0.3 is 27.2 Å². The predicted molar refractivity (Wildman–Crippen MR) is 81.8 cm³/mol. The molecule has 0 fully saturated rings. The highest BCUT2D eigenvalue weighted by molar-refractivity contribution is 14.1. The Balaban J connectivity index is -0.0000000218.